The summed E-state index contributed by atoms with van der Waals surface area (Å²) < 4.78 is 2.09. The molecule has 23 heavy (non-hydrogen) atoms. The van der Waals surface area contributed by atoms with Crippen molar-refractivity contribution in [2.45, 2.75) is 31.3 Å². The van der Waals surface area contributed by atoms with Gasteiger partial charge in [-0.1, -0.05) is 12.1 Å². The van der Waals surface area contributed by atoms with Crippen molar-refractivity contribution in [1.29, 1.82) is 0 Å². The SMILES string of the molecule is CN1C[C@H](Cn2cccn2)CC2c3cccc4[nH]cc(c34)C[C@H]21. The zero-order valence-corrected chi connectivity index (χ0v) is 13.4. The molecule has 1 aromatic carbocycles. The summed E-state index contributed by atoms with van der Waals surface area (Å²) in [6.45, 7) is 2.19. The molecule has 3 atom stereocenters. The Labute approximate surface area is 136 Å². The number of fused-ring (bicyclic) bond motifs is 2. The second kappa shape index (κ2) is 4.96. The van der Waals surface area contributed by atoms with Crippen LogP contribution in [0.25, 0.3) is 10.9 Å². The predicted octanol–water partition coefficient (Wildman–Crippen LogP) is 3.02. The Morgan fingerprint density at radius 1 is 1.30 bits per heavy atom. The number of hydrogen-bond donors (Lipinski definition) is 1. The van der Waals surface area contributed by atoms with Crippen LogP contribution in [-0.2, 0) is 13.0 Å². The number of piperidine rings is 1. The van der Waals surface area contributed by atoms with E-state index in [1.54, 1.807) is 5.56 Å². The average molecular weight is 306 g/mol. The van der Waals surface area contributed by atoms with Gasteiger partial charge in [-0.15, -0.1) is 0 Å². The van der Waals surface area contributed by atoms with Crippen LogP contribution in [0.3, 0.4) is 0 Å². The number of aromatic nitrogens is 3. The minimum Gasteiger partial charge on any atom is -0.361 e. The monoisotopic (exact) mass is 306 g/mol. The number of nitrogens with one attached hydrogen (secondary N) is 1. The second-order valence-corrected chi connectivity index (χ2v) is 7.23. The van der Waals surface area contributed by atoms with Crippen LogP contribution in [0.4, 0.5) is 0 Å². The lowest BCUT2D eigenvalue weighted by molar-refractivity contribution is 0.102. The maximum Gasteiger partial charge on any atom is 0.0489 e. The molecule has 0 amide bonds. The molecule has 3 heterocycles. The van der Waals surface area contributed by atoms with Crippen LogP contribution >= 0.6 is 0 Å². The van der Waals surface area contributed by atoms with Crippen molar-refractivity contribution < 1.29 is 0 Å². The highest BCUT2D eigenvalue weighted by atomic mass is 15.3. The fraction of sp³-hybridized carbons (Fsp3) is 0.421. The van der Waals surface area contributed by atoms with Gasteiger partial charge in [-0.2, -0.15) is 5.10 Å². The lowest BCUT2D eigenvalue weighted by Gasteiger charge is -2.45. The molecule has 1 aliphatic heterocycles. The van der Waals surface area contributed by atoms with Crippen LogP contribution in [0.2, 0.25) is 0 Å². The van der Waals surface area contributed by atoms with Crippen molar-refractivity contribution in [2.75, 3.05) is 13.6 Å². The summed E-state index contributed by atoms with van der Waals surface area (Å²) in [5, 5.41) is 5.89. The zero-order chi connectivity index (χ0) is 15.4. The van der Waals surface area contributed by atoms with Gasteiger partial charge in [-0.25, -0.2) is 0 Å². The first-order chi connectivity index (χ1) is 11.3. The highest BCUT2D eigenvalue weighted by molar-refractivity contribution is 5.88. The Morgan fingerprint density at radius 2 is 2.26 bits per heavy atom. The highest BCUT2D eigenvalue weighted by Crippen LogP contribution is 2.44. The van der Waals surface area contributed by atoms with E-state index in [1.807, 2.05) is 12.3 Å². The lowest BCUT2D eigenvalue weighted by Crippen LogP contribution is -2.48. The molecule has 1 aliphatic carbocycles. The first kappa shape index (κ1) is 13.4. The molecule has 4 nitrogen and oxygen atoms in total. The van der Waals surface area contributed by atoms with Gasteiger partial charge in [0.25, 0.3) is 0 Å². The summed E-state index contributed by atoms with van der Waals surface area (Å²) in [4.78, 5) is 6.04. The third-order valence-electron chi connectivity index (χ3n) is 5.82. The van der Waals surface area contributed by atoms with Crippen LogP contribution < -0.4 is 0 Å². The van der Waals surface area contributed by atoms with Crippen LogP contribution in [0, 0.1) is 5.92 Å². The van der Waals surface area contributed by atoms with E-state index in [4.69, 9.17) is 0 Å². The van der Waals surface area contributed by atoms with Crippen LogP contribution in [-0.4, -0.2) is 39.3 Å². The number of hydrogen-bond acceptors (Lipinski definition) is 2. The van der Waals surface area contributed by atoms with E-state index in [0.717, 1.165) is 13.1 Å². The molecular weight excluding hydrogens is 284 g/mol. The van der Waals surface area contributed by atoms with Crippen molar-refractivity contribution in [3.05, 3.63) is 54.0 Å². The number of likely N-dealkylation sites (N-methyl/N-ethyl adjacent to an activating group) is 1. The normalized spacial score (nSPS) is 27.3. The molecule has 1 unspecified atom stereocenters. The first-order valence-electron chi connectivity index (χ1n) is 8.56. The third-order valence-corrected chi connectivity index (χ3v) is 5.82. The Balaban J connectivity index is 1.52. The zero-order valence-electron chi connectivity index (χ0n) is 13.4. The molecule has 0 radical (unpaired) electrons. The largest absolute Gasteiger partial charge is 0.361 e. The number of nitrogens with zero attached hydrogens (tertiary/aromatic N) is 3. The molecule has 0 saturated carbocycles. The number of likely N-dealkylation sites (tertiary alicyclic amines) is 1. The Bertz CT molecular complexity index is 832. The molecule has 4 heteroatoms. The fourth-order valence-corrected chi connectivity index (χ4v) is 4.86. The summed E-state index contributed by atoms with van der Waals surface area (Å²) in [5.74, 6) is 1.30. The summed E-state index contributed by atoms with van der Waals surface area (Å²) in [7, 11) is 2.30. The van der Waals surface area contributed by atoms with E-state index in [-0.39, 0.29) is 0 Å². The number of H-pyrrole nitrogens is 1. The predicted molar refractivity (Wildman–Crippen MR) is 91.5 cm³/mol. The molecule has 0 bridgehead atoms. The van der Waals surface area contributed by atoms with Gasteiger partial charge in [0.05, 0.1) is 0 Å². The molecule has 0 spiro atoms. The molecule has 3 aromatic rings. The maximum atomic E-state index is 4.40. The molecule has 1 saturated heterocycles. The van der Waals surface area contributed by atoms with Gasteiger partial charge in [0.15, 0.2) is 0 Å². The standard InChI is InChI=1S/C19H22N4/c1-22-11-13(12-23-7-3-6-21-23)8-16-15-4-2-5-17-19(15)14(10-20-17)9-18(16)22/h2-7,10,13,16,18,20H,8-9,11-12H2,1H3/t13-,16?,18-/m1/s1. The van der Waals surface area contributed by atoms with Crippen molar-refractivity contribution in [3.63, 3.8) is 0 Å². The molecule has 2 aliphatic rings. The van der Waals surface area contributed by atoms with E-state index in [9.17, 15) is 0 Å². The number of aromatic amines is 1. The highest BCUT2D eigenvalue weighted by Gasteiger charge is 2.39. The molecule has 118 valence electrons. The average Bonchev–Trinajstić information content (AvgIpc) is 3.20. The summed E-state index contributed by atoms with van der Waals surface area (Å²) in [5.41, 5.74) is 4.34. The minimum atomic E-state index is 0.637. The van der Waals surface area contributed by atoms with E-state index >= 15 is 0 Å². The molecule has 2 aromatic heterocycles. The fourth-order valence-electron chi connectivity index (χ4n) is 4.86. The topological polar surface area (TPSA) is 36.9 Å². The second-order valence-electron chi connectivity index (χ2n) is 7.23. The number of benzene rings is 1. The van der Waals surface area contributed by atoms with Crippen molar-refractivity contribution in [2.24, 2.45) is 5.92 Å². The first-order valence-corrected chi connectivity index (χ1v) is 8.56. The van der Waals surface area contributed by atoms with Gasteiger partial charge in [0.2, 0.25) is 0 Å². The summed E-state index contributed by atoms with van der Waals surface area (Å²) >= 11 is 0. The Hall–Kier alpha value is -2.07. The molecule has 1 N–H and O–H groups in total. The Kier molecular flexibility index (Phi) is 2.89. The van der Waals surface area contributed by atoms with Gasteiger partial charge < -0.3 is 9.88 Å². The van der Waals surface area contributed by atoms with Gasteiger partial charge in [0, 0.05) is 54.5 Å². The van der Waals surface area contributed by atoms with Crippen molar-refractivity contribution >= 4 is 10.9 Å². The van der Waals surface area contributed by atoms with Crippen molar-refractivity contribution in [1.82, 2.24) is 19.7 Å². The van der Waals surface area contributed by atoms with E-state index in [1.165, 1.54) is 29.3 Å². The maximum absolute atomic E-state index is 4.40. The van der Waals surface area contributed by atoms with E-state index in [2.05, 4.69) is 57.3 Å². The minimum absolute atomic E-state index is 0.637. The van der Waals surface area contributed by atoms with Gasteiger partial charge in [-0.05, 0) is 49.1 Å². The molecule has 5 rings (SSSR count). The van der Waals surface area contributed by atoms with E-state index in [0.29, 0.717) is 17.9 Å². The van der Waals surface area contributed by atoms with Crippen molar-refractivity contribution in [3.8, 4) is 0 Å². The van der Waals surface area contributed by atoms with Crippen LogP contribution in [0.5, 0.6) is 0 Å². The number of rotatable bonds is 2. The molecular formula is C19H22N4. The van der Waals surface area contributed by atoms with Gasteiger partial charge >= 0.3 is 0 Å². The van der Waals surface area contributed by atoms with E-state index < -0.39 is 0 Å². The van der Waals surface area contributed by atoms with Gasteiger partial charge in [0.1, 0.15) is 0 Å². The quantitative estimate of drug-likeness (QED) is 0.790. The summed E-state index contributed by atoms with van der Waals surface area (Å²) in [6, 6.07) is 9.41. The van der Waals surface area contributed by atoms with Crippen LogP contribution in [0.1, 0.15) is 23.5 Å². The smallest absolute Gasteiger partial charge is 0.0489 e. The summed E-state index contributed by atoms with van der Waals surface area (Å²) in [6.07, 6.45) is 8.61. The van der Waals surface area contributed by atoms with Crippen LogP contribution in [0.15, 0.2) is 42.9 Å². The molecule has 1 fully saturated rings. The lowest BCUT2D eigenvalue weighted by atomic mass is 9.72. The van der Waals surface area contributed by atoms with Gasteiger partial charge in [-0.3, -0.25) is 4.68 Å². The Morgan fingerprint density at radius 3 is 3.13 bits per heavy atom. The third kappa shape index (κ3) is 2.05.